The number of nitrogens with one attached hydrogen (secondary N) is 1. The third kappa shape index (κ3) is 2.25. The van der Waals surface area contributed by atoms with Crippen molar-refractivity contribution >= 4 is 0 Å². The average molecular weight is 221 g/mol. The van der Waals surface area contributed by atoms with Gasteiger partial charge < -0.3 is 5.32 Å². The standard InChI is InChI=1S/C9H15N7/c1-7(2)10-6-9-11-13-14-16(9)8-4-5-15(3)12-8/h4-5,7,10H,6H2,1-3H3. The summed E-state index contributed by atoms with van der Waals surface area (Å²) in [6, 6.07) is 2.27. The summed E-state index contributed by atoms with van der Waals surface area (Å²) in [7, 11) is 1.86. The van der Waals surface area contributed by atoms with Crippen molar-refractivity contribution in [2.45, 2.75) is 26.4 Å². The molecule has 0 bridgehead atoms. The van der Waals surface area contributed by atoms with Gasteiger partial charge in [0.1, 0.15) is 0 Å². The van der Waals surface area contributed by atoms with E-state index in [1.54, 1.807) is 9.36 Å². The summed E-state index contributed by atoms with van der Waals surface area (Å²) in [5.41, 5.74) is 0. The SMILES string of the molecule is CC(C)NCc1nnnn1-c1ccn(C)n1. The number of aromatic nitrogens is 6. The highest BCUT2D eigenvalue weighted by molar-refractivity contribution is 5.18. The molecule has 16 heavy (non-hydrogen) atoms. The zero-order chi connectivity index (χ0) is 11.5. The van der Waals surface area contributed by atoms with E-state index in [0.717, 1.165) is 11.6 Å². The molecule has 2 aromatic rings. The quantitative estimate of drug-likeness (QED) is 0.780. The van der Waals surface area contributed by atoms with E-state index in [1.807, 2.05) is 19.3 Å². The molecule has 2 heterocycles. The summed E-state index contributed by atoms with van der Waals surface area (Å²) in [6.07, 6.45) is 1.86. The van der Waals surface area contributed by atoms with Gasteiger partial charge in [-0.25, -0.2) is 0 Å². The fraction of sp³-hybridized carbons (Fsp3) is 0.556. The molecule has 0 unspecified atom stereocenters. The van der Waals surface area contributed by atoms with Crippen molar-refractivity contribution in [3.63, 3.8) is 0 Å². The Morgan fingerprint density at radius 2 is 2.25 bits per heavy atom. The molecule has 0 aliphatic heterocycles. The van der Waals surface area contributed by atoms with Gasteiger partial charge in [0.25, 0.3) is 0 Å². The maximum atomic E-state index is 4.25. The van der Waals surface area contributed by atoms with Crippen molar-refractivity contribution < 1.29 is 0 Å². The molecule has 0 saturated carbocycles. The Kier molecular flexibility index (Phi) is 2.95. The highest BCUT2D eigenvalue weighted by Gasteiger charge is 2.10. The van der Waals surface area contributed by atoms with Crippen LogP contribution in [0, 0.1) is 0 Å². The van der Waals surface area contributed by atoms with Crippen molar-refractivity contribution in [3.8, 4) is 5.82 Å². The fourth-order valence-corrected chi connectivity index (χ4v) is 1.31. The van der Waals surface area contributed by atoms with Crippen molar-refractivity contribution in [1.29, 1.82) is 0 Å². The van der Waals surface area contributed by atoms with Crippen LogP contribution in [-0.4, -0.2) is 36.0 Å². The lowest BCUT2D eigenvalue weighted by Crippen LogP contribution is -2.24. The maximum Gasteiger partial charge on any atom is 0.179 e. The molecular weight excluding hydrogens is 206 g/mol. The number of aryl methyl sites for hydroxylation is 1. The molecule has 0 saturated heterocycles. The Morgan fingerprint density at radius 1 is 1.44 bits per heavy atom. The molecular formula is C9H15N7. The van der Waals surface area contributed by atoms with Crippen LogP contribution in [0.2, 0.25) is 0 Å². The summed E-state index contributed by atoms with van der Waals surface area (Å²) < 4.78 is 3.35. The molecule has 7 nitrogen and oxygen atoms in total. The lowest BCUT2D eigenvalue weighted by atomic mass is 10.4. The predicted octanol–water partition coefficient (Wildman–Crippen LogP) is -0.106. The van der Waals surface area contributed by atoms with Crippen LogP contribution >= 0.6 is 0 Å². The van der Waals surface area contributed by atoms with E-state index in [2.05, 4.69) is 39.8 Å². The second kappa shape index (κ2) is 4.40. The fourth-order valence-electron chi connectivity index (χ4n) is 1.31. The van der Waals surface area contributed by atoms with Gasteiger partial charge in [-0.2, -0.15) is 9.78 Å². The first-order valence-electron chi connectivity index (χ1n) is 5.17. The van der Waals surface area contributed by atoms with Crippen LogP contribution < -0.4 is 5.32 Å². The maximum absolute atomic E-state index is 4.25. The monoisotopic (exact) mass is 221 g/mol. The first kappa shape index (κ1) is 10.7. The number of hydrogen-bond donors (Lipinski definition) is 1. The van der Waals surface area contributed by atoms with Gasteiger partial charge in [0.2, 0.25) is 0 Å². The third-order valence-electron chi connectivity index (χ3n) is 2.12. The third-order valence-corrected chi connectivity index (χ3v) is 2.12. The smallest absolute Gasteiger partial charge is 0.179 e. The molecule has 0 amide bonds. The van der Waals surface area contributed by atoms with E-state index in [1.165, 1.54) is 0 Å². The predicted molar refractivity (Wildman–Crippen MR) is 57.9 cm³/mol. The molecule has 0 atom stereocenters. The van der Waals surface area contributed by atoms with Gasteiger partial charge in [0.15, 0.2) is 11.6 Å². The first-order valence-corrected chi connectivity index (χ1v) is 5.17. The Labute approximate surface area is 93.5 Å². The van der Waals surface area contributed by atoms with Crippen molar-refractivity contribution in [2.75, 3.05) is 0 Å². The van der Waals surface area contributed by atoms with E-state index >= 15 is 0 Å². The molecule has 0 radical (unpaired) electrons. The summed E-state index contributed by atoms with van der Waals surface area (Å²) >= 11 is 0. The topological polar surface area (TPSA) is 73.5 Å². The molecule has 2 aromatic heterocycles. The van der Waals surface area contributed by atoms with Crippen molar-refractivity contribution in [2.24, 2.45) is 7.05 Å². The van der Waals surface area contributed by atoms with E-state index in [4.69, 9.17) is 0 Å². The minimum absolute atomic E-state index is 0.397. The second-order valence-electron chi connectivity index (χ2n) is 3.89. The summed E-state index contributed by atoms with van der Waals surface area (Å²) in [6.45, 7) is 4.78. The Hall–Kier alpha value is -1.76. The van der Waals surface area contributed by atoms with Crippen LogP contribution in [0.25, 0.3) is 5.82 Å². The van der Waals surface area contributed by atoms with Gasteiger partial charge in [0, 0.05) is 25.4 Å². The minimum Gasteiger partial charge on any atom is -0.308 e. The van der Waals surface area contributed by atoms with Gasteiger partial charge in [-0.1, -0.05) is 13.8 Å². The number of rotatable bonds is 4. The Balaban J connectivity index is 2.19. The van der Waals surface area contributed by atoms with E-state index in [-0.39, 0.29) is 0 Å². The van der Waals surface area contributed by atoms with Crippen LogP contribution in [-0.2, 0) is 13.6 Å². The summed E-state index contributed by atoms with van der Waals surface area (Å²) in [5.74, 6) is 1.49. The van der Waals surface area contributed by atoms with E-state index in [0.29, 0.717) is 12.6 Å². The Morgan fingerprint density at radius 3 is 2.88 bits per heavy atom. The lowest BCUT2D eigenvalue weighted by molar-refractivity contribution is 0.560. The van der Waals surface area contributed by atoms with Crippen LogP contribution in [0.15, 0.2) is 12.3 Å². The molecule has 0 aromatic carbocycles. The summed E-state index contributed by atoms with van der Waals surface area (Å²) in [4.78, 5) is 0. The van der Waals surface area contributed by atoms with Crippen LogP contribution in [0.3, 0.4) is 0 Å². The molecule has 7 heteroatoms. The zero-order valence-electron chi connectivity index (χ0n) is 9.62. The van der Waals surface area contributed by atoms with Gasteiger partial charge in [0.05, 0.1) is 6.54 Å². The van der Waals surface area contributed by atoms with E-state index < -0.39 is 0 Å². The largest absolute Gasteiger partial charge is 0.308 e. The number of hydrogen-bond acceptors (Lipinski definition) is 5. The molecule has 0 fully saturated rings. The second-order valence-corrected chi connectivity index (χ2v) is 3.89. The number of nitrogens with zero attached hydrogens (tertiary/aromatic N) is 6. The molecule has 0 aliphatic carbocycles. The minimum atomic E-state index is 0.397. The zero-order valence-corrected chi connectivity index (χ0v) is 9.62. The lowest BCUT2D eigenvalue weighted by Gasteiger charge is -2.06. The van der Waals surface area contributed by atoms with Gasteiger partial charge in [-0.3, -0.25) is 4.68 Å². The van der Waals surface area contributed by atoms with Crippen molar-refractivity contribution in [1.82, 2.24) is 35.3 Å². The van der Waals surface area contributed by atoms with Gasteiger partial charge in [-0.15, -0.1) is 5.10 Å². The molecule has 0 aliphatic rings. The average Bonchev–Trinajstić information content (AvgIpc) is 2.82. The Bertz CT molecular complexity index is 456. The van der Waals surface area contributed by atoms with Crippen LogP contribution in [0.1, 0.15) is 19.7 Å². The van der Waals surface area contributed by atoms with Crippen LogP contribution in [0.4, 0.5) is 0 Å². The van der Waals surface area contributed by atoms with E-state index in [9.17, 15) is 0 Å². The highest BCUT2D eigenvalue weighted by Crippen LogP contribution is 2.03. The van der Waals surface area contributed by atoms with Gasteiger partial charge in [-0.05, 0) is 10.4 Å². The van der Waals surface area contributed by atoms with Crippen molar-refractivity contribution in [3.05, 3.63) is 18.1 Å². The normalized spacial score (nSPS) is 11.2. The summed E-state index contributed by atoms with van der Waals surface area (Å²) in [5, 5.41) is 19.1. The molecule has 1 N–H and O–H groups in total. The van der Waals surface area contributed by atoms with Crippen LogP contribution in [0.5, 0.6) is 0 Å². The molecule has 2 rings (SSSR count). The molecule has 0 spiro atoms. The molecule has 86 valence electrons. The van der Waals surface area contributed by atoms with Gasteiger partial charge >= 0.3 is 0 Å². The highest BCUT2D eigenvalue weighted by atomic mass is 15.6. The number of tetrazole rings is 1. The first-order chi connectivity index (χ1) is 7.66.